The molecule has 174 valence electrons. The lowest BCUT2D eigenvalue weighted by atomic mass is 9.72. The van der Waals surface area contributed by atoms with Gasteiger partial charge in [0.15, 0.2) is 0 Å². The lowest BCUT2D eigenvalue weighted by Gasteiger charge is -2.43. The number of hydrogen-bond donors (Lipinski definition) is 1. The van der Waals surface area contributed by atoms with Gasteiger partial charge in [-0.05, 0) is 75.0 Å². The van der Waals surface area contributed by atoms with Gasteiger partial charge < -0.3 is 10.2 Å². The standard InChI is InChI=1S/C28H35N3O2/c1-20(2)30-26(33)28(16-21-8-3-4-10-23(21)22-9-5-14-29-18-22)13-7-15-31(19-28)25(32)24-17-27(24)11-6-12-27/h3-5,8-10,14,18,20,24H,6-7,11-13,15-17,19H2,1-2H3,(H,30,33). The number of carbonyl (C=O) groups excluding carboxylic acids is 2. The monoisotopic (exact) mass is 445 g/mol. The van der Waals surface area contributed by atoms with Crippen LogP contribution >= 0.6 is 0 Å². The van der Waals surface area contributed by atoms with E-state index in [0.717, 1.165) is 42.5 Å². The molecule has 5 rings (SSSR count). The Morgan fingerprint density at radius 3 is 2.61 bits per heavy atom. The maximum absolute atomic E-state index is 13.7. The number of benzene rings is 1. The van der Waals surface area contributed by atoms with Crippen LogP contribution in [0.4, 0.5) is 0 Å². The summed E-state index contributed by atoms with van der Waals surface area (Å²) in [6.07, 6.45) is 10.7. The van der Waals surface area contributed by atoms with E-state index < -0.39 is 5.41 Å². The van der Waals surface area contributed by atoms with Crippen molar-refractivity contribution in [1.82, 2.24) is 15.2 Å². The Bertz CT molecular complexity index is 1030. The molecular weight excluding hydrogens is 410 g/mol. The van der Waals surface area contributed by atoms with Crippen LogP contribution in [0.2, 0.25) is 0 Å². The van der Waals surface area contributed by atoms with Gasteiger partial charge in [0.1, 0.15) is 0 Å². The molecule has 1 aromatic heterocycles. The Kier molecular flexibility index (Phi) is 5.75. The minimum absolute atomic E-state index is 0.0655. The molecule has 3 aliphatic rings. The van der Waals surface area contributed by atoms with Crippen LogP contribution < -0.4 is 5.32 Å². The molecule has 33 heavy (non-hydrogen) atoms. The van der Waals surface area contributed by atoms with Gasteiger partial charge in [-0.1, -0.05) is 36.8 Å². The average molecular weight is 446 g/mol. The summed E-state index contributed by atoms with van der Waals surface area (Å²) in [5.74, 6) is 0.555. The summed E-state index contributed by atoms with van der Waals surface area (Å²) in [6, 6.07) is 12.4. The summed E-state index contributed by atoms with van der Waals surface area (Å²) in [7, 11) is 0. The molecule has 2 saturated carbocycles. The Morgan fingerprint density at radius 2 is 1.94 bits per heavy atom. The average Bonchev–Trinajstić information content (AvgIpc) is 3.56. The number of pyridine rings is 1. The third kappa shape index (κ3) is 4.18. The van der Waals surface area contributed by atoms with Gasteiger partial charge in [0, 0.05) is 43.0 Å². The van der Waals surface area contributed by atoms with Crippen LogP contribution in [-0.4, -0.2) is 40.8 Å². The summed E-state index contributed by atoms with van der Waals surface area (Å²) in [4.78, 5) is 33.4. The number of likely N-dealkylation sites (tertiary alicyclic amines) is 1. The van der Waals surface area contributed by atoms with Crippen LogP contribution in [0, 0.1) is 16.7 Å². The molecule has 1 aromatic carbocycles. The van der Waals surface area contributed by atoms with Crippen molar-refractivity contribution >= 4 is 11.8 Å². The molecule has 2 aliphatic carbocycles. The van der Waals surface area contributed by atoms with Crippen molar-refractivity contribution in [3.8, 4) is 11.1 Å². The quantitative estimate of drug-likeness (QED) is 0.706. The van der Waals surface area contributed by atoms with Crippen LogP contribution in [0.25, 0.3) is 11.1 Å². The highest BCUT2D eigenvalue weighted by Gasteiger charge is 2.62. The van der Waals surface area contributed by atoms with Gasteiger partial charge in [0.05, 0.1) is 5.41 Å². The number of amides is 2. The predicted octanol–water partition coefficient (Wildman–Crippen LogP) is 4.61. The van der Waals surface area contributed by atoms with Crippen molar-refractivity contribution in [2.45, 2.75) is 64.8 Å². The zero-order chi connectivity index (χ0) is 23.1. The first kappa shape index (κ1) is 22.1. The lowest BCUT2D eigenvalue weighted by Crippen LogP contribution is -2.56. The van der Waals surface area contributed by atoms with E-state index in [0.29, 0.717) is 18.4 Å². The molecule has 0 radical (unpaired) electrons. The molecule has 2 aromatic rings. The Morgan fingerprint density at radius 1 is 1.12 bits per heavy atom. The smallest absolute Gasteiger partial charge is 0.228 e. The molecule has 0 bridgehead atoms. The van der Waals surface area contributed by atoms with Crippen molar-refractivity contribution < 1.29 is 9.59 Å². The Labute approximate surface area is 197 Å². The SMILES string of the molecule is CC(C)NC(=O)C1(Cc2ccccc2-c2cccnc2)CCCN(C(=O)C2CC23CCC3)C1. The maximum Gasteiger partial charge on any atom is 0.228 e. The van der Waals surface area contributed by atoms with E-state index in [1.165, 1.54) is 19.3 Å². The number of rotatable bonds is 6. The lowest BCUT2D eigenvalue weighted by molar-refractivity contribution is -0.143. The highest BCUT2D eigenvalue weighted by Crippen LogP contribution is 2.66. The van der Waals surface area contributed by atoms with Crippen molar-refractivity contribution in [3.05, 3.63) is 54.4 Å². The number of nitrogens with one attached hydrogen (secondary N) is 1. The van der Waals surface area contributed by atoms with Crippen LogP contribution in [0.15, 0.2) is 48.8 Å². The van der Waals surface area contributed by atoms with E-state index in [1.807, 2.05) is 43.1 Å². The van der Waals surface area contributed by atoms with E-state index in [9.17, 15) is 9.59 Å². The number of carbonyl (C=O) groups is 2. The Balaban J connectivity index is 1.44. The highest BCUT2D eigenvalue weighted by molar-refractivity contribution is 5.87. The van der Waals surface area contributed by atoms with E-state index in [2.05, 4.69) is 28.5 Å². The van der Waals surface area contributed by atoms with E-state index in [-0.39, 0.29) is 23.8 Å². The fraction of sp³-hybridized carbons (Fsp3) is 0.536. The fourth-order valence-corrected chi connectivity index (χ4v) is 6.09. The number of hydrogen-bond acceptors (Lipinski definition) is 3. The first-order valence-electron chi connectivity index (χ1n) is 12.5. The number of aromatic nitrogens is 1. The topological polar surface area (TPSA) is 62.3 Å². The molecule has 5 nitrogen and oxygen atoms in total. The fourth-order valence-electron chi connectivity index (χ4n) is 6.09. The third-order valence-corrected chi connectivity index (χ3v) is 8.15. The van der Waals surface area contributed by atoms with Crippen molar-refractivity contribution in [3.63, 3.8) is 0 Å². The summed E-state index contributed by atoms with van der Waals surface area (Å²) < 4.78 is 0. The molecule has 2 atom stereocenters. The second kappa shape index (κ2) is 8.58. The summed E-state index contributed by atoms with van der Waals surface area (Å²) in [5, 5.41) is 3.19. The van der Waals surface area contributed by atoms with Gasteiger partial charge in [0.2, 0.25) is 11.8 Å². The second-order valence-electron chi connectivity index (χ2n) is 10.8. The van der Waals surface area contributed by atoms with Gasteiger partial charge >= 0.3 is 0 Å². The van der Waals surface area contributed by atoms with Crippen molar-refractivity contribution in [2.75, 3.05) is 13.1 Å². The molecule has 2 heterocycles. The molecule has 5 heteroatoms. The summed E-state index contributed by atoms with van der Waals surface area (Å²) in [5.41, 5.74) is 3.01. The highest BCUT2D eigenvalue weighted by atomic mass is 16.2. The third-order valence-electron chi connectivity index (χ3n) is 8.15. The summed E-state index contributed by atoms with van der Waals surface area (Å²) >= 11 is 0. The van der Waals surface area contributed by atoms with Gasteiger partial charge in [-0.3, -0.25) is 14.6 Å². The van der Waals surface area contributed by atoms with Gasteiger partial charge in [-0.15, -0.1) is 0 Å². The number of piperidine rings is 1. The first-order valence-corrected chi connectivity index (χ1v) is 12.5. The molecule has 3 fully saturated rings. The maximum atomic E-state index is 13.7. The van der Waals surface area contributed by atoms with Crippen LogP contribution in [0.1, 0.15) is 57.9 Å². The van der Waals surface area contributed by atoms with Crippen LogP contribution in [-0.2, 0) is 16.0 Å². The second-order valence-corrected chi connectivity index (χ2v) is 10.8. The normalized spacial score (nSPS) is 25.5. The van der Waals surface area contributed by atoms with Gasteiger partial charge in [0.25, 0.3) is 0 Å². The molecule has 2 amide bonds. The Hall–Kier alpha value is -2.69. The molecule has 1 saturated heterocycles. The first-order chi connectivity index (χ1) is 15.9. The van der Waals surface area contributed by atoms with Gasteiger partial charge in [-0.2, -0.15) is 0 Å². The minimum Gasteiger partial charge on any atom is -0.353 e. The van der Waals surface area contributed by atoms with Gasteiger partial charge in [-0.25, -0.2) is 0 Å². The zero-order valence-electron chi connectivity index (χ0n) is 19.8. The van der Waals surface area contributed by atoms with Crippen LogP contribution in [0.3, 0.4) is 0 Å². The van der Waals surface area contributed by atoms with E-state index in [4.69, 9.17) is 0 Å². The largest absolute Gasteiger partial charge is 0.353 e. The minimum atomic E-state index is -0.613. The number of nitrogens with zero attached hydrogens (tertiary/aromatic N) is 2. The van der Waals surface area contributed by atoms with Crippen molar-refractivity contribution in [2.24, 2.45) is 16.7 Å². The molecule has 1 N–H and O–H groups in total. The molecular formula is C28H35N3O2. The van der Waals surface area contributed by atoms with Crippen LogP contribution in [0.5, 0.6) is 0 Å². The molecule has 2 unspecified atom stereocenters. The van der Waals surface area contributed by atoms with E-state index in [1.54, 1.807) is 6.20 Å². The van der Waals surface area contributed by atoms with E-state index >= 15 is 0 Å². The predicted molar refractivity (Wildman–Crippen MR) is 129 cm³/mol. The zero-order valence-corrected chi connectivity index (χ0v) is 19.8. The van der Waals surface area contributed by atoms with Crippen molar-refractivity contribution in [1.29, 1.82) is 0 Å². The molecule has 1 spiro atoms. The summed E-state index contributed by atoms with van der Waals surface area (Å²) in [6.45, 7) is 5.29. The molecule has 1 aliphatic heterocycles.